The summed E-state index contributed by atoms with van der Waals surface area (Å²) in [5, 5.41) is 6.40. The molecule has 20 heavy (non-hydrogen) atoms. The second-order valence-electron chi connectivity index (χ2n) is 5.34. The van der Waals surface area contributed by atoms with Crippen molar-refractivity contribution in [2.45, 2.75) is 40.0 Å². The fraction of sp³-hybridized carbons (Fsp3) is 0.786. The fourth-order valence-electron chi connectivity index (χ4n) is 2.01. The van der Waals surface area contributed by atoms with Crippen molar-refractivity contribution >= 4 is 11.9 Å². The first kappa shape index (κ1) is 14.8. The summed E-state index contributed by atoms with van der Waals surface area (Å²) in [6.07, 6.45) is 3.64. The van der Waals surface area contributed by atoms with Gasteiger partial charge in [0.2, 0.25) is 11.9 Å². The van der Waals surface area contributed by atoms with Gasteiger partial charge < -0.3 is 15.4 Å². The Morgan fingerprint density at radius 1 is 1.15 bits per heavy atom. The predicted octanol–water partition coefficient (Wildman–Crippen LogP) is 2.55. The topological polar surface area (TPSA) is 72.0 Å². The van der Waals surface area contributed by atoms with E-state index in [9.17, 15) is 0 Å². The third-order valence-corrected chi connectivity index (χ3v) is 3.39. The third kappa shape index (κ3) is 4.51. The minimum absolute atomic E-state index is 0.388. The van der Waals surface area contributed by atoms with Crippen LogP contribution in [-0.4, -0.2) is 34.6 Å². The maximum absolute atomic E-state index is 5.51. The molecule has 1 aromatic rings. The molecule has 1 atom stereocenters. The van der Waals surface area contributed by atoms with Crippen LogP contribution in [0.15, 0.2) is 0 Å². The number of aromatic nitrogens is 3. The van der Waals surface area contributed by atoms with Gasteiger partial charge in [-0.05, 0) is 38.0 Å². The lowest BCUT2D eigenvalue weighted by Gasteiger charge is -2.13. The second-order valence-corrected chi connectivity index (χ2v) is 5.34. The van der Waals surface area contributed by atoms with Crippen LogP contribution in [0.2, 0.25) is 0 Å². The summed E-state index contributed by atoms with van der Waals surface area (Å²) >= 11 is 0. The van der Waals surface area contributed by atoms with E-state index in [4.69, 9.17) is 4.74 Å². The van der Waals surface area contributed by atoms with Gasteiger partial charge in [0.05, 0.1) is 6.61 Å². The van der Waals surface area contributed by atoms with Gasteiger partial charge in [-0.25, -0.2) is 0 Å². The molecule has 2 rings (SSSR count). The Balaban J connectivity index is 1.98. The smallest absolute Gasteiger partial charge is 0.323 e. The number of ether oxygens (including phenoxy) is 1. The van der Waals surface area contributed by atoms with Crippen molar-refractivity contribution in [3.63, 3.8) is 0 Å². The number of hydrogen-bond acceptors (Lipinski definition) is 6. The molecule has 1 aliphatic rings. The molecule has 0 radical (unpaired) electrons. The molecule has 1 aromatic heterocycles. The lowest BCUT2D eigenvalue weighted by atomic mass is 10.1. The van der Waals surface area contributed by atoms with Crippen molar-refractivity contribution in [1.29, 1.82) is 0 Å². The van der Waals surface area contributed by atoms with E-state index in [0.717, 1.165) is 25.4 Å². The van der Waals surface area contributed by atoms with Gasteiger partial charge in [-0.15, -0.1) is 0 Å². The molecule has 0 amide bonds. The molecule has 0 aromatic carbocycles. The van der Waals surface area contributed by atoms with E-state index < -0.39 is 0 Å². The molecule has 2 N–H and O–H groups in total. The quantitative estimate of drug-likeness (QED) is 0.724. The van der Waals surface area contributed by atoms with E-state index in [0.29, 0.717) is 30.4 Å². The Kier molecular flexibility index (Phi) is 5.38. The van der Waals surface area contributed by atoms with Gasteiger partial charge in [-0.2, -0.15) is 15.0 Å². The Bertz CT molecular complexity index is 422. The van der Waals surface area contributed by atoms with Gasteiger partial charge in [-0.3, -0.25) is 0 Å². The van der Waals surface area contributed by atoms with Crippen molar-refractivity contribution in [1.82, 2.24) is 15.0 Å². The molecule has 1 heterocycles. The Labute approximate surface area is 120 Å². The van der Waals surface area contributed by atoms with Crippen LogP contribution in [0.5, 0.6) is 6.01 Å². The summed E-state index contributed by atoms with van der Waals surface area (Å²) in [5.74, 6) is 2.69. The minimum atomic E-state index is 0.388. The van der Waals surface area contributed by atoms with Crippen LogP contribution in [-0.2, 0) is 0 Å². The van der Waals surface area contributed by atoms with E-state index in [1.807, 2.05) is 6.92 Å². The molecule has 0 spiro atoms. The van der Waals surface area contributed by atoms with Crippen molar-refractivity contribution < 1.29 is 4.74 Å². The van der Waals surface area contributed by atoms with Crippen molar-refractivity contribution in [2.75, 3.05) is 30.3 Å². The van der Waals surface area contributed by atoms with Crippen LogP contribution in [0.25, 0.3) is 0 Å². The zero-order valence-electron chi connectivity index (χ0n) is 12.6. The molecule has 6 heteroatoms. The SMILES string of the molecule is CCCOc1nc(NCC)nc(NCC(C)C2CC2)n1. The van der Waals surface area contributed by atoms with E-state index in [1.54, 1.807) is 0 Å². The van der Waals surface area contributed by atoms with Crippen molar-refractivity contribution in [3.8, 4) is 6.01 Å². The van der Waals surface area contributed by atoms with Crippen molar-refractivity contribution in [2.24, 2.45) is 11.8 Å². The molecular weight excluding hydrogens is 254 g/mol. The molecule has 6 nitrogen and oxygen atoms in total. The molecule has 0 aliphatic heterocycles. The van der Waals surface area contributed by atoms with Gasteiger partial charge in [0, 0.05) is 13.1 Å². The third-order valence-electron chi connectivity index (χ3n) is 3.39. The molecule has 112 valence electrons. The van der Waals surface area contributed by atoms with E-state index in [-0.39, 0.29) is 0 Å². The zero-order valence-corrected chi connectivity index (χ0v) is 12.6. The standard InChI is InChI=1S/C14H25N5O/c1-4-8-20-14-18-12(15-5-2)17-13(19-14)16-9-10(3)11-6-7-11/h10-11H,4-9H2,1-3H3,(H2,15,16,17,18,19). The highest BCUT2D eigenvalue weighted by Gasteiger charge is 2.27. The predicted molar refractivity (Wildman–Crippen MR) is 80.2 cm³/mol. The summed E-state index contributed by atoms with van der Waals surface area (Å²) in [6.45, 7) is 8.63. The van der Waals surface area contributed by atoms with Crippen molar-refractivity contribution in [3.05, 3.63) is 0 Å². The summed E-state index contributed by atoms with van der Waals surface area (Å²) in [5.41, 5.74) is 0. The monoisotopic (exact) mass is 279 g/mol. The van der Waals surface area contributed by atoms with E-state index in [1.165, 1.54) is 12.8 Å². The van der Waals surface area contributed by atoms with Crippen LogP contribution in [0.3, 0.4) is 0 Å². The van der Waals surface area contributed by atoms with Crippen LogP contribution >= 0.6 is 0 Å². The summed E-state index contributed by atoms with van der Waals surface area (Å²) in [6, 6.07) is 0.388. The number of hydrogen-bond donors (Lipinski definition) is 2. The number of nitrogens with zero attached hydrogens (tertiary/aromatic N) is 3. The van der Waals surface area contributed by atoms with Crippen LogP contribution < -0.4 is 15.4 Å². The Morgan fingerprint density at radius 3 is 2.45 bits per heavy atom. The van der Waals surface area contributed by atoms with Crippen LogP contribution in [0.4, 0.5) is 11.9 Å². The average molecular weight is 279 g/mol. The minimum Gasteiger partial charge on any atom is -0.463 e. The van der Waals surface area contributed by atoms with Crippen LogP contribution in [0, 0.1) is 11.8 Å². The number of anilines is 2. The first-order valence-electron chi connectivity index (χ1n) is 7.59. The molecule has 1 fully saturated rings. The highest BCUT2D eigenvalue weighted by atomic mass is 16.5. The summed E-state index contributed by atoms with van der Waals surface area (Å²) in [7, 11) is 0. The zero-order chi connectivity index (χ0) is 14.4. The highest BCUT2D eigenvalue weighted by Crippen LogP contribution is 2.36. The molecule has 0 bridgehead atoms. The van der Waals surface area contributed by atoms with Crippen LogP contribution in [0.1, 0.15) is 40.0 Å². The molecule has 1 aliphatic carbocycles. The van der Waals surface area contributed by atoms with E-state index in [2.05, 4.69) is 39.4 Å². The normalized spacial score (nSPS) is 15.8. The van der Waals surface area contributed by atoms with Gasteiger partial charge in [0.25, 0.3) is 0 Å². The van der Waals surface area contributed by atoms with Gasteiger partial charge >= 0.3 is 6.01 Å². The Morgan fingerprint density at radius 2 is 1.85 bits per heavy atom. The van der Waals surface area contributed by atoms with E-state index >= 15 is 0 Å². The largest absolute Gasteiger partial charge is 0.463 e. The maximum Gasteiger partial charge on any atom is 0.323 e. The lowest BCUT2D eigenvalue weighted by molar-refractivity contribution is 0.292. The van der Waals surface area contributed by atoms with Gasteiger partial charge in [0.15, 0.2) is 0 Å². The lowest BCUT2D eigenvalue weighted by Crippen LogP contribution is -2.16. The van der Waals surface area contributed by atoms with Gasteiger partial charge in [-0.1, -0.05) is 13.8 Å². The molecule has 1 unspecified atom stereocenters. The van der Waals surface area contributed by atoms with Gasteiger partial charge in [0.1, 0.15) is 0 Å². The second kappa shape index (κ2) is 7.26. The molecule has 0 saturated heterocycles. The highest BCUT2D eigenvalue weighted by molar-refractivity contribution is 5.35. The summed E-state index contributed by atoms with van der Waals surface area (Å²) in [4.78, 5) is 12.9. The average Bonchev–Trinajstić information content (AvgIpc) is 3.27. The molecular formula is C14H25N5O. The first-order chi connectivity index (χ1) is 9.72. The number of rotatable bonds is 9. The first-order valence-corrected chi connectivity index (χ1v) is 7.59. The fourth-order valence-corrected chi connectivity index (χ4v) is 2.01. The molecule has 1 saturated carbocycles. The summed E-state index contributed by atoms with van der Waals surface area (Å²) < 4.78 is 5.51. The number of nitrogens with one attached hydrogen (secondary N) is 2. The maximum atomic E-state index is 5.51. The Hall–Kier alpha value is -1.59.